The lowest BCUT2D eigenvalue weighted by Gasteiger charge is -2.11. The Labute approximate surface area is 138 Å². The van der Waals surface area contributed by atoms with E-state index in [1.165, 1.54) is 22.2 Å². The zero-order valence-electron chi connectivity index (χ0n) is 14.4. The van der Waals surface area contributed by atoms with Crippen LogP contribution in [0, 0.1) is 25.2 Å². The fourth-order valence-corrected chi connectivity index (χ4v) is 2.84. The number of nitrogens with one attached hydrogen (secondary N) is 1. The first-order valence-electron chi connectivity index (χ1n) is 7.96. The van der Waals surface area contributed by atoms with Crippen molar-refractivity contribution < 1.29 is 0 Å². The van der Waals surface area contributed by atoms with Gasteiger partial charge in [-0.25, -0.2) is 0 Å². The number of aryl methyl sites for hydroxylation is 1. The molecule has 3 rings (SSSR count). The minimum atomic E-state index is 0.659. The molecule has 1 heterocycles. The van der Waals surface area contributed by atoms with Crippen LogP contribution in [0.2, 0.25) is 0 Å². The highest BCUT2D eigenvalue weighted by atomic mass is 15.0. The molecule has 0 spiro atoms. The predicted molar refractivity (Wildman–Crippen MR) is 98.4 cm³/mol. The van der Waals surface area contributed by atoms with Gasteiger partial charge in [0, 0.05) is 23.8 Å². The molecule has 3 heteroatoms. The van der Waals surface area contributed by atoms with Gasteiger partial charge in [-0.3, -0.25) is 0 Å². The second-order valence-electron chi connectivity index (χ2n) is 5.15. The maximum Gasteiger partial charge on any atom is 0.101 e. The van der Waals surface area contributed by atoms with Gasteiger partial charge in [0.15, 0.2) is 0 Å². The number of benzene rings is 2. The molecule has 3 nitrogen and oxygen atoms in total. The van der Waals surface area contributed by atoms with E-state index in [1.807, 2.05) is 39.1 Å². The first-order chi connectivity index (χ1) is 11.2. The number of anilines is 1. The van der Waals surface area contributed by atoms with E-state index in [-0.39, 0.29) is 0 Å². The molecule has 118 valence electrons. The summed E-state index contributed by atoms with van der Waals surface area (Å²) in [5.74, 6) is 0. The molecule has 0 aliphatic rings. The molecular formula is C20H23N3. The molecule has 0 radical (unpaired) electrons. The Morgan fingerprint density at radius 2 is 1.74 bits per heavy atom. The molecule has 23 heavy (non-hydrogen) atoms. The van der Waals surface area contributed by atoms with Gasteiger partial charge >= 0.3 is 0 Å². The topological polar surface area (TPSA) is 40.8 Å². The molecule has 3 aromatic rings. The monoisotopic (exact) mass is 305 g/mol. The van der Waals surface area contributed by atoms with Crippen molar-refractivity contribution in [3.05, 3.63) is 59.3 Å². The van der Waals surface area contributed by atoms with Gasteiger partial charge in [-0.15, -0.1) is 0 Å². The first-order valence-corrected chi connectivity index (χ1v) is 7.96. The highest BCUT2D eigenvalue weighted by Crippen LogP contribution is 2.30. The van der Waals surface area contributed by atoms with E-state index in [1.54, 1.807) is 0 Å². The standard InChI is InChI=1S/C18H17N3.C2H6/c1-12-13(2)21(18-7-5-4-6-16(12)18)15-9-8-14(11-19)17(10-15)20-3;1-2/h4-10,20H,1-3H3;1-2H3. The Kier molecular flexibility index (Phi) is 5.08. The molecule has 0 amide bonds. The summed E-state index contributed by atoms with van der Waals surface area (Å²) in [6.07, 6.45) is 0. The van der Waals surface area contributed by atoms with E-state index < -0.39 is 0 Å². The van der Waals surface area contributed by atoms with Crippen molar-refractivity contribution in [2.45, 2.75) is 27.7 Å². The highest BCUT2D eigenvalue weighted by Gasteiger charge is 2.12. The quantitative estimate of drug-likeness (QED) is 0.708. The minimum absolute atomic E-state index is 0.659. The van der Waals surface area contributed by atoms with Crippen LogP contribution in [0.5, 0.6) is 0 Å². The van der Waals surface area contributed by atoms with Gasteiger partial charge in [0.2, 0.25) is 0 Å². The molecule has 0 unspecified atom stereocenters. The van der Waals surface area contributed by atoms with Gasteiger partial charge < -0.3 is 9.88 Å². The maximum absolute atomic E-state index is 9.14. The van der Waals surface area contributed by atoms with E-state index >= 15 is 0 Å². The smallest absolute Gasteiger partial charge is 0.101 e. The van der Waals surface area contributed by atoms with Gasteiger partial charge in [0.1, 0.15) is 6.07 Å². The first kappa shape index (κ1) is 16.6. The Balaban J connectivity index is 0.000000924. The van der Waals surface area contributed by atoms with Gasteiger partial charge in [-0.1, -0.05) is 32.0 Å². The number of aromatic nitrogens is 1. The molecular weight excluding hydrogens is 282 g/mol. The molecule has 2 aromatic carbocycles. The van der Waals surface area contributed by atoms with E-state index in [4.69, 9.17) is 5.26 Å². The third-order valence-corrected chi connectivity index (χ3v) is 4.08. The molecule has 0 saturated carbocycles. The third kappa shape index (κ3) is 2.80. The number of nitriles is 1. The average molecular weight is 305 g/mol. The van der Waals surface area contributed by atoms with Crippen molar-refractivity contribution >= 4 is 16.6 Å². The normalized spacial score (nSPS) is 9.91. The van der Waals surface area contributed by atoms with Gasteiger partial charge in [-0.05, 0) is 43.7 Å². The summed E-state index contributed by atoms with van der Waals surface area (Å²) in [7, 11) is 1.84. The maximum atomic E-state index is 9.14. The second-order valence-corrected chi connectivity index (χ2v) is 5.15. The van der Waals surface area contributed by atoms with Crippen LogP contribution in [0.25, 0.3) is 16.6 Å². The van der Waals surface area contributed by atoms with Crippen molar-refractivity contribution in [2.24, 2.45) is 0 Å². The minimum Gasteiger partial charge on any atom is -0.387 e. The van der Waals surface area contributed by atoms with Gasteiger partial charge in [0.25, 0.3) is 0 Å². The number of fused-ring (bicyclic) bond motifs is 1. The summed E-state index contributed by atoms with van der Waals surface area (Å²) in [6.45, 7) is 8.28. The predicted octanol–water partition coefficient (Wildman–Crippen LogP) is 5.19. The van der Waals surface area contributed by atoms with Crippen LogP contribution in [-0.2, 0) is 0 Å². The van der Waals surface area contributed by atoms with Crippen molar-refractivity contribution in [1.82, 2.24) is 4.57 Å². The van der Waals surface area contributed by atoms with E-state index in [0.29, 0.717) is 5.56 Å². The number of nitrogens with zero attached hydrogens (tertiary/aromatic N) is 2. The van der Waals surface area contributed by atoms with Crippen LogP contribution < -0.4 is 5.32 Å². The van der Waals surface area contributed by atoms with E-state index in [9.17, 15) is 0 Å². The molecule has 0 fully saturated rings. The number of hydrogen-bond acceptors (Lipinski definition) is 2. The molecule has 0 atom stereocenters. The molecule has 0 bridgehead atoms. The number of rotatable bonds is 2. The SMILES string of the molecule is CC.CNc1cc(-n2c(C)c(C)c3ccccc32)ccc1C#N. The Morgan fingerprint density at radius 1 is 1.04 bits per heavy atom. The van der Waals surface area contributed by atoms with Gasteiger partial charge in [-0.2, -0.15) is 5.26 Å². The largest absolute Gasteiger partial charge is 0.387 e. The summed E-state index contributed by atoms with van der Waals surface area (Å²) in [5.41, 5.74) is 6.29. The van der Waals surface area contributed by atoms with E-state index in [2.05, 4.69) is 54.1 Å². The zero-order chi connectivity index (χ0) is 17.0. The fourth-order valence-electron chi connectivity index (χ4n) is 2.84. The lowest BCUT2D eigenvalue weighted by atomic mass is 10.1. The summed E-state index contributed by atoms with van der Waals surface area (Å²) in [5, 5.41) is 13.5. The molecule has 0 saturated heterocycles. The summed E-state index contributed by atoms with van der Waals surface area (Å²) in [4.78, 5) is 0. The van der Waals surface area contributed by atoms with Gasteiger partial charge in [0.05, 0.1) is 16.8 Å². The summed E-state index contributed by atoms with van der Waals surface area (Å²) in [6, 6.07) is 16.5. The van der Waals surface area contributed by atoms with Crippen LogP contribution >= 0.6 is 0 Å². The van der Waals surface area contributed by atoms with Crippen molar-refractivity contribution in [2.75, 3.05) is 12.4 Å². The molecule has 1 aromatic heterocycles. The summed E-state index contributed by atoms with van der Waals surface area (Å²) >= 11 is 0. The fraction of sp³-hybridized carbons (Fsp3) is 0.250. The highest BCUT2D eigenvalue weighted by molar-refractivity contribution is 5.87. The van der Waals surface area contributed by atoms with Crippen LogP contribution in [0.1, 0.15) is 30.7 Å². The van der Waals surface area contributed by atoms with Crippen LogP contribution in [0.15, 0.2) is 42.5 Å². The van der Waals surface area contributed by atoms with Crippen LogP contribution in [0.4, 0.5) is 5.69 Å². The third-order valence-electron chi connectivity index (χ3n) is 4.08. The number of para-hydroxylation sites is 1. The average Bonchev–Trinajstić information content (AvgIpc) is 2.87. The van der Waals surface area contributed by atoms with Crippen LogP contribution in [0.3, 0.4) is 0 Å². The zero-order valence-corrected chi connectivity index (χ0v) is 14.4. The Morgan fingerprint density at radius 3 is 2.39 bits per heavy atom. The lowest BCUT2D eigenvalue weighted by Crippen LogP contribution is -2.00. The summed E-state index contributed by atoms with van der Waals surface area (Å²) < 4.78 is 2.24. The lowest BCUT2D eigenvalue weighted by molar-refractivity contribution is 1.04. The second kappa shape index (κ2) is 7.02. The van der Waals surface area contributed by atoms with Crippen molar-refractivity contribution in [1.29, 1.82) is 5.26 Å². The molecule has 1 N–H and O–H groups in total. The van der Waals surface area contributed by atoms with Crippen molar-refractivity contribution in [3.8, 4) is 11.8 Å². The van der Waals surface area contributed by atoms with E-state index in [0.717, 1.165) is 11.4 Å². The molecule has 0 aliphatic carbocycles. The van der Waals surface area contributed by atoms with Crippen molar-refractivity contribution in [3.63, 3.8) is 0 Å². The Bertz CT molecular complexity index is 866. The Hall–Kier alpha value is -2.73. The van der Waals surface area contributed by atoms with Crippen LogP contribution in [-0.4, -0.2) is 11.6 Å². The number of hydrogen-bond donors (Lipinski definition) is 1. The molecule has 0 aliphatic heterocycles.